The summed E-state index contributed by atoms with van der Waals surface area (Å²) in [5, 5.41) is 17.3. The molecule has 0 aromatic heterocycles. The van der Waals surface area contributed by atoms with E-state index in [4.69, 9.17) is 24.2 Å². The molecule has 30 heavy (non-hydrogen) atoms. The second kappa shape index (κ2) is 9.15. The molecule has 2 aliphatic rings. The summed E-state index contributed by atoms with van der Waals surface area (Å²) in [6.45, 7) is 0.200. The third-order valence-electron chi connectivity index (χ3n) is 3.64. The van der Waals surface area contributed by atoms with Gasteiger partial charge in [0.05, 0.1) is 22.3 Å². The lowest BCUT2D eigenvalue weighted by Crippen LogP contribution is -2.16. The third-order valence-corrected chi connectivity index (χ3v) is 4.60. The highest BCUT2D eigenvalue weighted by atomic mass is 32.2. The average molecular weight is 438 g/mol. The van der Waals surface area contributed by atoms with Crippen molar-refractivity contribution in [2.45, 2.75) is 4.90 Å². The molecule has 2 aromatic rings. The lowest BCUT2D eigenvalue weighted by molar-refractivity contribution is 0.0260. The van der Waals surface area contributed by atoms with Crippen LogP contribution in [0.25, 0.3) is 0 Å². The first-order chi connectivity index (χ1) is 14.0. The fourth-order valence-electron chi connectivity index (χ4n) is 2.33. The van der Waals surface area contributed by atoms with Crippen LogP contribution >= 0.6 is 0 Å². The smallest absolute Gasteiger partial charge is 0.338 e. The molecule has 158 valence electrons. The van der Waals surface area contributed by atoms with Crippen LogP contribution < -0.4 is 0 Å². The Bertz CT molecular complexity index is 1030. The van der Waals surface area contributed by atoms with Gasteiger partial charge in [0, 0.05) is 0 Å². The third kappa shape index (κ3) is 5.40. The van der Waals surface area contributed by atoms with Gasteiger partial charge in [-0.05, 0) is 36.4 Å². The maximum atomic E-state index is 11.3. The van der Waals surface area contributed by atoms with E-state index in [0.29, 0.717) is 11.1 Å². The van der Waals surface area contributed by atoms with E-state index in [1.807, 2.05) is 0 Å². The SMILES string of the molecule is O=C(O)c1cccc(C(=O)O)c1S(=O)(=O)O.O=C1OCCOC(=O)c2ccc1cc2. The van der Waals surface area contributed by atoms with Gasteiger partial charge in [0.2, 0.25) is 0 Å². The standard InChI is InChI=1S/C10H8O4.C8H6O7S/c11-9-7-1-2-8(4-3-7)10(12)14-6-5-13-9;9-7(10)4-2-1-3-5(8(11)12)6(4)16(13,14)15/h1-4H,5-6H2;1-3H,(H,9,10)(H,11,12)(H,13,14,15). The van der Waals surface area contributed by atoms with Gasteiger partial charge in [-0.25, -0.2) is 19.2 Å². The zero-order chi connectivity index (χ0) is 22.5. The topological polar surface area (TPSA) is 182 Å². The number of carbonyl (C=O) groups excluding carboxylic acids is 2. The summed E-state index contributed by atoms with van der Waals surface area (Å²) in [6, 6.07) is 9.03. The van der Waals surface area contributed by atoms with E-state index in [0.717, 1.165) is 18.2 Å². The van der Waals surface area contributed by atoms with E-state index in [9.17, 15) is 27.6 Å². The van der Waals surface area contributed by atoms with Crippen molar-refractivity contribution in [3.8, 4) is 0 Å². The summed E-state index contributed by atoms with van der Waals surface area (Å²) < 4.78 is 40.3. The summed E-state index contributed by atoms with van der Waals surface area (Å²) in [5.41, 5.74) is -0.684. The first-order valence-electron chi connectivity index (χ1n) is 8.03. The Hall–Kier alpha value is -3.77. The second-order valence-corrected chi connectivity index (χ2v) is 6.98. The number of carboxylic acid groups (broad SMARTS) is 2. The molecule has 0 saturated heterocycles. The van der Waals surface area contributed by atoms with Crippen molar-refractivity contribution >= 4 is 34.0 Å². The van der Waals surface area contributed by atoms with Crippen molar-refractivity contribution in [3.05, 3.63) is 64.7 Å². The summed E-state index contributed by atoms with van der Waals surface area (Å²) in [7, 11) is -4.92. The molecule has 0 saturated carbocycles. The quantitative estimate of drug-likeness (QED) is 0.464. The van der Waals surface area contributed by atoms with E-state index in [2.05, 4.69) is 0 Å². The summed E-state index contributed by atoms with van der Waals surface area (Å²) in [6.07, 6.45) is 0. The molecular formula is C18H14O11S. The van der Waals surface area contributed by atoms with Crippen LogP contribution in [0.3, 0.4) is 0 Å². The van der Waals surface area contributed by atoms with Crippen molar-refractivity contribution in [2.75, 3.05) is 13.2 Å². The first-order valence-corrected chi connectivity index (χ1v) is 9.47. The molecule has 0 spiro atoms. The molecule has 0 unspecified atom stereocenters. The molecule has 0 fully saturated rings. The summed E-state index contributed by atoms with van der Waals surface area (Å²) in [4.78, 5) is 42.7. The largest absolute Gasteiger partial charge is 0.478 e. The molecule has 2 bridgehead atoms. The number of carboxylic acids is 2. The molecule has 0 radical (unpaired) electrons. The lowest BCUT2D eigenvalue weighted by Gasteiger charge is -2.09. The maximum Gasteiger partial charge on any atom is 0.338 e. The molecule has 11 nitrogen and oxygen atoms in total. The van der Waals surface area contributed by atoms with Gasteiger partial charge >= 0.3 is 23.9 Å². The van der Waals surface area contributed by atoms with Crippen molar-refractivity contribution in [3.63, 3.8) is 0 Å². The number of rotatable bonds is 3. The van der Waals surface area contributed by atoms with Crippen LogP contribution in [0.1, 0.15) is 41.4 Å². The van der Waals surface area contributed by atoms with E-state index >= 15 is 0 Å². The normalized spacial score (nSPS) is 13.4. The van der Waals surface area contributed by atoms with Crippen LogP contribution in [0.4, 0.5) is 0 Å². The zero-order valence-corrected chi connectivity index (χ0v) is 15.8. The Kier molecular flexibility index (Phi) is 6.87. The molecule has 0 atom stereocenters. The Morgan fingerprint density at radius 1 is 0.767 bits per heavy atom. The summed E-state index contributed by atoms with van der Waals surface area (Å²) >= 11 is 0. The van der Waals surface area contributed by atoms with Gasteiger partial charge in [-0.2, -0.15) is 8.42 Å². The van der Waals surface area contributed by atoms with Gasteiger partial charge in [0.25, 0.3) is 10.1 Å². The number of esters is 2. The highest BCUT2D eigenvalue weighted by Crippen LogP contribution is 2.21. The van der Waals surface area contributed by atoms with E-state index < -0.39 is 50.0 Å². The van der Waals surface area contributed by atoms with E-state index in [1.165, 1.54) is 0 Å². The van der Waals surface area contributed by atoms with E-state index in [-0.39, 0.29) is 13.2 Å². The molecule has 2 aromatic carbocycles. The van der Waals surface area contributed by atoms with Gasteiger partial charge in [0.1, 0.15) is 18.1 Å². The fourth-order valence-corrected chi connectivity index (χ4v) is 3.20. The highest BCUT2D eigenvalue weighted by Gasteiger charge is 2.27. The highest BCUT2D eigenvalue weighted by molar-refractivity contribution is 7.86. The van der Waals surface area contributed by atoms with Gasteiger partial charge in [-0.3, -0.25) is 4.55 Å². The minimum absolute atomic E-state index is 0.100. The monoisotopic (exact) mass is 438 g/mol. The van der Waals surface area contributed by atoms with Crippen LogP contribution in [0, 0.1) is 0 Å². The molecule has 4 rings (SSSR count). The van der Waals surface area contributed by atoms with E-state index in [1.54, 1.807) is 24.3 Å². The number of aromatic carboxylic acids is 2. The van der Waals surface area contributed by atoms with Gasteiger partial charge < -0.3 is 19.7 Å². The fraction of sp³-hybridized carbons (Fsp3) is 0.111. The van der Waals surface area contributed by atoms with Gasteiger partial charge in [0.15, 0.2) is 0 Å². The molecule has 2 heterocycles. The van der Waals surface area contributed by atoms with Crippen molar-refractivity contribution in [1.29, 1.82) is 0 Å². The molecule has 3 N–H and O–H groups in total. The predicted octanol–water partition coefficient (Wildman–Crippen LogP) is 1.34. The Balaban J connectivity index is 0.000000215. The maximum absolute atomic E-state index is 11.3. The number of carbonyl (C=O) groups is 4. The number of fused-ring (bicyclic) bond motifs is 7. The number of hydrogen-bond acceptors (Lipinski definition) is 8. The molecule has 0 aliphatic carbocycles. The van der Waals surface area contributed by atoms with Crippen LogP contribution in [-0.4, -0.2) is 60.3 Å². The molecule has 2 aliphatic heterocycles. The molecule has 0 amide bonds. The number of hydrogen-bond donors (Lipinski definition) is 3. The van der Waals surface area contributed by atoms with Crippen molar-refractivity contribution < 1.29 is 51.8 Å². The minimum Gasteiger partial charge on any atom is -0.478 e. The van der Waals surface area contributed by atoms with Crippen molar-refractivity contribution in [1.82, 2.24) is 0 Å². The minimum atomic E-state index is -4.92. The predicted molar refractivity (Wildman–Crippen MR) is 97.2 cm³/mol. The Morgan fingerprint density at radius 2 is 1.13 bits per heavy atom. The molecular weight excluding hydrogens is 424 g/mol. The van der Waals surface area contributed by atoms with Crippen molar-refractivity contribution in [2.24, 2.45) is 0 Å². The second-order valence-electron chi connectivity index (χ2n) is 5.62. The Morgan fingerprint density at radius 3 is 1.43 bits per heavy atom. The van der Waals surface area contributed by atoms with Crippen LogP contribution in [0.5, 0.6) is 0 Å². The number of benzene rings is 2. The first kappa shape index (κ1) is 22.5. The van der Waals surface area contributed by atoms with Crippen LogP contribution in [0.15, 0.2) is 47.4 Å². The Labute approximate surface area is 169 Å². The van der Waals surface area contributed by atoms with Crippen LogP contribution in [0.2, 0.25) is 0 Å². The van der Waals surface area contributed by atoms with Gasteiger partial charge in [-0.15, -0.1) is 0 Å². The number of ether oxygens (including phenoxy) is 2. The zero-order valence-electron chi connectivity index (χ0n) is 15.0. The van der Waals surface area contributed by atoms with Crippen LogP contribution in [-0.2, 0) is 19.6 Å². The van der Waals surface area contributed by atoms with Gasteiger partial charge in [-0.1, -0.05) is 6.07 Å². The lowest BCUT2D eigenvalue weighted by atomic mass is 10.1. The average Bonchev–Trinajstić information content (AvgIpc) is 2.70. The summed E-state index contributed by atoms with van der Waals surface area (Å²) in [5.74, 6) is -4.07. The molecule has 12 heteroatoms.